The number of carbonyl (C=O) groups is 1. The number of rotatable bonds is 10. The van der Waals surface area contributed by atoms with Gasteiger partial charge in [0.2, 0.25) is 0 Å². The standard InChI is InChI=1S/C22H30N2O4S/c1-16(12-13-24(3)19-8-6-5-7-9-19)23-15-20(26)18-10-11-21(28-17(2)25)22(14-18)29(4)27/h5-11,14,16,20,23,26H,12-13,15H2,1-4H3. The molecule has 0 aliphatic heterocycles. The van der Waals surface area contributed by atoms with Crippen molar-refractivity contribution in [1.29, 1.82) is 0 Å². The molecule has 0 saturated heterocycles. The maximum atomic E-state index is 12.0. The number of nitrogens with one attached hydrogen (secondary N) is 1. The Bertz CT molecular complexity index is 829. The Morgan fingerprint density at radius 3 is 2.55 bits per heavy atom. The minimum Gasteiger partial charge on any atom is -0.425 e. The molecule has 0 spiro atoms. The molecule has 0 amide bonds. The van der Waals surface area contributed by atoms with Crippen molar-refractivity contribution in [1.82, 2.24) is 5.32 Å². The van der Waals surface area contributed by atoms with E-state index in [1.807, 2.05) is 18.2 Å². The summed E-state index contributed by atoms with van der Waals surface area (Å²) in [4.78, 5) is 13.8. The summed E-state index contributed by atoms with van der Waals surface area (Å²) in [7, 11) is 0.726. The number of anilines is 1. The van der Waals surface area contributed by atoms with Crippen molar-refractivity contribution in [2.75, 3.05) is 31.3 Å². The third-order valence-corrected chi connectivity index (χ3v) is 5.61. The van der Waals surface area contributed by atoms with Gasteiger partial charge >= 0.3 is 5.97 Å². The molecule has 2 N–H and O–H groups in total. The lowest BCUT2D eigenvalue weighted by molar-refractivity contribution is -0.132. The maximum Gasteiger partial charge on any atom is 0.308 e. The van der Waals surface area contributed by atoms with Gasteiger partial charge in [-0.2, -0.15) is 0 Å². The molecule has 0 fully saturated rings. The van der Waals surface area contributed by atoms with Crippen molar-refractivity contribution in [2.45, 2.75) is 37.3 Å². The molecule has 0 heterocycles. The van der Waals surface area contributed by atoms with Gasteiger partial charge in [-0.05, 0) is 43.2 Å². The van der Waals surface area contributed by atoms with Crippen LogP contribution in [0.5, 0.6) is 5.75 Å². The normalized spacial score (nSPS) is 14.1. The third kappa shape index (κ3) is 7.27. The number of aliphatic hydroxyl groups is 1. The van der Waals surface area contributed by atoms with Crippen LogP contribution in [0.15, 0.2) is 53.4 Å². The quantitative estimate of drug-likeness (QED) is 0.456. The Morgan fingerprint density at radius 1 is 1.24 bits per heavy atom. The lowest BCUT2D eigenvalue weighted by Crippen LogP contribution is -2.33. The topological polar surface area (TPSA) is 78.9 Å². The molecule has 3 unspecified atom stereocenters. The Kier molecular flexibility index (Phi) is 8.82. The number of carbonyl (C=O) groups excluding carboxylic acids is 1. The van der Waals surface area contributed by atoms with Crippen LogP contribution >= 0.6 is 0 Å². The molecule has 158 valence electrons. The van der Waals surface area contributed by atoms with Gasteiger partial charge in [-0.3, -0.25) is 9.00 Å². The summed E-state index contributed by atoms with van der Waals surface area (Å²) in [6.07, 6.45) is 1.69. The predicted octanol–water partition coefficient (Wildman–Crippen LogP) is 2.89. The number of hydrogen-bond acceptors (Lipinski definition) is 6. The van der Waals surface area contributed by atoms with Crippen LogP contribution in [0.25, 0.3) is 0 Å². The smallest absolute Gasteiger partial charge is 0.308 e. The van der Waals surface area contributed by atoms with Crippen LogP contribution in [0.2, 0.25) is 0 Å². The number of para-hydroxylation sites is 1. The van der Waals surface area contributed by atoms with Crippen LogP contribution in [0.4, 0.5) is 5.69 Å². The lowest BCUT2D eigenvalue weighted by atomic mass is 10.1. The molecule has 29 heavy (non-hydrogen) atoms. The molecule has 0 radical (unpaired) electrons. The van der Waals surface area contributed by atoms with Crippen molar-refractivity contribution in [3.63, 3.8) is 0 Å². The molecule has 2 rings (SSSR count). The molecule has 3 atom stereocenters. The van der Waals surface area contributed by atoms with E-state index in [1.54, 1.807) is 18.2 Å². The SMILES string of the molecule is CC(=O)Oc1ccc(C(O)CNC(C)CCN(C)c2ccccc2)cc1S(C)=O. The molecule has 6 nitrogen and oxygen atoms in total. The fourth-order valence-electron chi connectivity index (χ4n) is 2.93. The summed E-state index contributed by atoms with van der Waals surface area (Å²) >= 11 is 0. The molecule has 0 bridgehead atoms. The van der Waals surface area contributed by atoms with Crippen molar-refractivity contribution in [3.05, 3.63) is 54.1 Å². The largest absolute Gasteiger partial charge is 0.425 e. The highest BCUT2D eigenvalue weighted by Gasteiger charge is 2.16. The summed E-state index contributed by atoms with van der Waals surface area (Å²) in [5.41, 5.74) is 1.81. The van der Waals surface area contributed by atoms with Crippen molar-refractivity contribution < 1.29 is 18.8 Å². The lowest BCUT2D eigenvalue weighted by Gasteiger charge is -2.23. The average molecular weight is 419 g/mol. The molecule has 0 aliphatic carbocycles. The summed E-state index contributed by atoms with van der Waals surface area (Å²) in [5, 5.41) is 13.9. The van der Waals surface area contributed by atoms with Crippen LogP contribution in [0.3, 0.4) is 0 Å². The first-order valence-corrected chi connectivity index (χ1v) is 11.2. The van der Waals surface area contributed by atoms with Crippen molar-refractivity contribution >= 4 is 22.5 Å². The molecular weight excluding hydrogens is 388 g/mol. The molecule has 2 aromatic carbocycles. The maximum absolute atomic E-state index is 12.0. The average Bonchev–Trinajstić information content (AvgIpc) is 2.70. The third-order valence-electron chi connectivity index (χ3n) is 4.67. The summed E-state index contributed by atoms with van der Waals surface area (Å²) < 4.78 is 17.1. The number of aliphatic hydroxyl groups excluding tert-OH is 1. The number of nitrogens with zero attached hydrogens (tertiary/aromatic N) is 1. The molecule has 0 saturated carbocycles. The molecule has 0 aromatic heterocycles. The minimum atomic E-state index is -1.34. The van der Waals surface area contributed by atoms with Crippen LogP contribution in [0, 0.1) is 0 Å². The minimum absolute atomic E-state index is 0.218. The predicted molar refractivity (Wildman–Crippen MR) is 117 cm³/mol. The van der Waals surface area contributed by atoms with Crippen molar-refractivity contribution in [2.24, 2.45) is 0 Å². The summed E-state index contributed by atoms with van der Waals surface area (Å²) in [5.74, 6) is -0.208. The number of esters is 1. The van der Waals surface area contributed by atoms with Gasteiger partial charge < -0.3 is 20.1 Å². The van der Waals surface area contributed by atoms with E-state index in [2.05, 4.69) is 36.3 Å². The van der Waals surface area contributed by atoms with E-state index in [9.17, 15) is 14.1 Å². The highest BCUT2D eigenvalue weighted by molar-refractivity contribution is 7.84. The Labute approximate surface area is 175 Å². The molecule has 2 aromatic rings. The first-order chi connectivity index (χ1) is 13.8. The van der Waals surface area contributed by atoms with E-state index in [0.717, 1.165) is 13.0 Å². The van der Waals surface area contributed by atoms with Gasteiger partial charge in [0, 0.05) is 45.0 Å². The van der Waals surface area contributed by atoms with E-state index >= 15 is 0 Å². The number of ether oxygens (including phenoxy) is 1. The van der Waals surface area contributed by atoms with E-state index < -0.39 is 22.9 Å². The van der Waals surface area contributed by atoms with E-state index in [4.69, 9.17) is 4.74 Å². The first kappa shape index (κ1) is 23.1. The van der Waals surface area contributed by atoms with E-state index in [-0.39, 0.29) is 11.8 Å². The van der Waals surface area contributed by atoms with Gasteiger partial charge in [-0.15, -0.1) is 0 Å². The van der Waals surface area contributed by atoms with Crippen LogP contribution in [-0.4, -0.2) is 47.7 Å². The van der Waals surface area contributed by atoms with Crippen LogP contribution in [0.1, 0.15) is 31.9 Å². The molecule has 7 heteroatoms. The summed E-state index contributed by atoms with van der Waals surface area (Å²) in [6.45, 7) is 4.65. The van der Waals surface area contributed by atoms with Gasteiger partial charge in [-0.1, -0.05) is 24.3 Å². The number of hydrogen-bond donors (Lipinski definition) is 2. The zero-order valence-electron chi connectivity index (χ0n) is 17.4. The Hall–Kier alpha value is -2.22. The van der Waals surface area contributed by atoms with Crippen LogP contribution in [-0.2, 0) is 15.6 Å². The second-order valence-electron chi connectivity index (χ2n) is 7.12. The molecular formula is C22H30N2O4S. The van der Waals surface area contributed by atoms with E-state index in [0.29, 0.717) is 17.0 Å². The highest BCUT2D eigenvalue weighted by atomic mass is 32.2. The Morgan fingerprint density at radius 2 is 1.93 bits per heavy atom. The molecule has 0 aliphatic rings. The van der Waals surface area contributed by atoms with Gasteiger partial charge in [0.15, 0.2) is 0 Å². The van der Waals surface area contributed by atoms with Crippen molar-refractivity contribution in [3.8, 4) is 5.75 Å². The van der Waals surface area contributed by atoms with Gasteiger partial charge in [0.05, 0.1) is 21.8 Å². The zero-order valence-corrected chi connectivity index (χ0v) is 18.2. The number of benzene rings is 2. The van der Waals surface area contributed by atoms with Gasteiger partial charge in [-0.25, -0.2) is 0 Å². The zero-order chi connectivity index (χ0) is 21.4. The fourth-order valence-corrected chi connectivity index (χ4v) is 3.62. The highest BCUT2D eigenvalue weighted by Crippen LogP contribution is 2.26. The second-order valence-corrected chi connectivity index (χ2v) is 8.47. The first-order valence-electron chi connectivity index (χ1n) is 9.61. The van der Waals surface area contributed by atoms with Gasteiger partial charge in [0.25, 0.3) is 0 Å². The van der Waals surface area contributed by atoms with E-state index in [1.165, 1.54) is 18.9 Å². The second kappa shape index (κ2) is 11.1. The Balaban J connectivity index is 1.89. The fraction of sp³-hybridized carbons (Fsp3) is 0.409. The monoisotopic (exact) mass is 418 g/mol. The summed E-state index contributed by atoms with van der Waals surface area (Å²) in [6, 6.07) is 15.3. The van der Waals surface area contributed by atoms with Crippen LogP contribution < -0.4 is 15.0 Å². The van der Waals surface area contributed by atoms with Gasteiger partial charge in [0.1, 0.15) is 5.75 Å².